The fourth-order valence-electron chi connectivity index (χ4n) is 1.39. The Morgan fingerprint density at radius 2 is 2.18 bits per heavy atom. The average Bonchev–Trinajstić information content (AvgIpc) is 2.30. The minimum absolute atomic E-state index is 0.630. The molecule has 0 aromatic carbocycles. The molecule has 0 saturated carbocycles. The number of unbranched alkanes of at least 4 members (excludes halogenated alkanes) is 1. The van der Waals surface area contributed by atoms with Crippen molar-refractivity contribution in [3.05, 3.63) is 16.1 Å². The van der Waals surface area contributed by atoms with E-state index < -0.39 is 0 Å². The van der Waals surface area contributed by atoms with E-state index in [-0.39, 0.29) is 0 Å². The van der Waals surface area contributed by atoms with Gasteiger partial charge in [-0.2, -0.15) is 0 Å². The van der Waals surface area contributed by atoms with Gasteiger partial charge in [-0.1, -0.05) is 0 Å². The first kappa shape index (κ1) is 14.6. The first-order chi connectivity index (χ1) is 8.11. The van der Waals surface area contributed by atoms with Crippen molar-refractivity contribution in [2.45, 2.75) is 32.7 Å². The second-order valence-electron chi connectivity index (χ2n) is 4.43. The van der Waals surface area contributed by atoms with Crippen molar-refractivity contribution in [3.63, 3.8) is 0 Å². The van der Waals surface area contributed by atoms with E-state index >= 15 is 0 Å². The Kier molecular flexibility index (Phi) is 6.72. The number of halogens is 1. The lowest BCUT2D eigenvalue weighted by Gasteiger charge is -2.20. The van der Waals surface area contributed by atoms with Gasteiger partial charge in [0.05, 0.1) is 3.57 Å². The molecule has 1 heterocycles. The molecule has 0 aliphatic heterocycles. The molecular weight excluding hydrogens is 327 g/mol. The summed E-state index contributed by atoms with van der Waals surface area (Å²) >= 11 is 2.24. The predicted octanol–water partition coefficient (Wildman–Crippen LogP) is 2.61. The summed E-state index contributed by atoms with van der Waals surface area (Å²) in [5, 5.41) is 3.34. The number of nitrogens with zero attached hydrogens (tertiary/aromatic N) is 3. The summed E-state index contributed by atoms with van der Waals surface area (Å²) in [6.45, 7) is 6.57. The fourth-order valence-corrected chi connectivity index (χ4v) is 1.88. The van der Waals surface area contributed by atoms with Crippen LogP contribution in [0.4, 0.5) is 5.82 Å². The molecule has 0 fully saturated rings. The summed E-state index contributed by atoms with van der Waals surface area (Å²) in [4.78, 5) is 10.5. The van der Waals surface area contributed by atoms with Gasteiger partial charge in [-0.3, -0.25) is 0 Å². The molecule has 1 N–H and O–H groups in total. The van der Waals surface area contributed by atoms with E-state index in [9.17, 15) is 0 Å². The molecule has 1 aromatic rings. The molecule has 4 nitrogen and oxygen atoms in total. The summed E-state index contributed by atoms with van der Waals surface area (Å²) in [7, 11) is 2.17. The van der Waals surface area contributed by atoms with Crippen LogP contribution in [-0.4, -0.2) is 41.0 Å². The third kappa shape index (κ3) is 5.63. The van der Waals surface area contributed by atoms with Crippen LogP contribution in [0.5, 0.6) is 0 Å². The van der Waals surface area contributed by atoms with Gasteiger partial charge in [0.1, 0.15) is 12.1 Å². The van der Waals surface area contributed by atoms with Crippen LogP contribution in [0.2, 0.25) is 0 Å². The van der Waals surface area contributed by atoms with Crippen LogP contribution in [0, 0.1) is 3.57 Å². The quantitative estimate of drug-likeness (QED) is 0.608. The molecule has 0 aliphatic rings. The lowest BCUT2D eigenvalue weighted by Crippen LogP contribution is -2.27. The second kappa shape index (κ2) is 7.81. The fraction of sp³-hybridized carbons (Fsp3) is 0.667. The van der Waals surface area contributed by atoms with E-state index in [2.05, 4.69) is 63.7 Å². The zero-order valence-corrected chi connectivity index (χ0v) is 12.9. The van der Waals surface area contributed by atoms with Crippen molar-refractivity contribution >= 4 is 28.4 Å². The van der Waals surface area contributed by atoms with E-state index in [0.29, 0.717) is 6.04 Å². The second-order valence-corrected chi connectivity index (χ2v) is 5.59. The molecule has 0 unspecified atom stereocenters. The van der Waals surface area contributed by atoms with Gasteiger partial charge < -0.3 is 10.2 Å². The van der Waals surface area contributed by atoms with Crippen LogP contribution in [0.1, 0.15) is 26.7 Å². The minimum Gasteiger partial charge on any atom is -0.369 e. The number of hydrogen-bond donors (Lipinski definition) is 1. The molecule has 0 aliphatic carbocycles. The zero-order valence-electron chi connectivity index (χ0n) is 10.8. The van der Waals surface area contributed by atoms with Crippen molar-refractivity contribution < 1.29 is 0 Å². The van der Waals surface area contributed by atoms with Crippen LogP contribution in [0.3, 0.4) is 0 Å². The number of nitrogens with one attached hydrogen (secondary N) is 1. The average molecular weight is 348 g/mol. The van der Waals surface area contributed by atoms with E-state index in [1.54, 1.807) is 6.33 Å². The van der Waals surface area contributed by atoms with Crippen molar-refractivity contribution in [1.29, 1.82) is 0 Å². The Bertz CT molecular complexity index is 330. The molecule has 0 bridgehead atoms. The topological polar surface area (TPSA) is 41.0 Å². The Hall–Kier alpha value is -0.430. The highest BCUT2D eigenvalue weighted by molar-refractivity contribution is 14.1. The molecule has 1 rings (SSSR count). The Morgan fingerprint density at radius 1 is 1.41 bits per heavy atom. The van der Waals surface area contributed by atoms with E-state index in [1.807, 2.05) is 6.20 Å². The summed E-state index contributed by atoms with van der Waals surface area (Å²) in [5.41, 5.74) is 0. The smallest absolute Gasteiger partial charge is 0.142 e. The highest BCUT2D eigenvalue weighted by Crippen LogP contribution is 2.12. The van der Waals surface area contributed by atoms with Gasteiger partial charge in [0.15, 0.2) is 0 Å². The SMILES string of the molecule is CC(C)N(C)CCCCNc1ncncc1I. The monoisotopic (exact) mass is 348 g/mol. The zero-order chi connectivity index (χ0) is 12.7. The van der Waals surface area contributed by atoms with Crippen LogP contribution < -0.4 is 5.32 Å². The maximum absolute atomic E-state index is 4.20. The molecule has 17 heavy (non-hydrogen) atoms. The summed E-state index contributed by atoms with van der Waals surface area (Å²) in [6, 6.07) is 0.630. The Morgan fingerprint density at radius 3 is 2.82 bits per heavy atom. The van der Waals surface area contributed by atoms with Gasteiger partial charge in [-0.05, 0) is 62.9 Å². The summed E-state index contributed by atoms with van der Waals surface area (Å²) in [6.07, 6.45) is 5.78. The van der Waals surface area contributed by atoms with Gasteiger partial charge in [0.25, 0.3) is 0 Å². The van der Waals surface area contributed by atoms with Crippen LogP contribution in [-0.2, 0) is 0 Å². The lowest BCUT2D eigenvalue weighted by atomic mass is 10.2. The van der Waals surface area contributed by atoms with Crippen molar-refractivity contribution in [2.75, 3.05) is 25.5 Å². The van der Waals surface area contributed by atoms with Crippen LogP contribution in [0.25, 0.3) is 0 Å². The first-order valence-corrected chi connectivity index (χ1v) is 7.08. The number of aromatic nitrogens is 2. The molecule has 5 heteroatoms. The highest BCUT2D eigenvalue weighted by atomic mass is 127. The Labute approximate surface area is 117 Å². The maximum atomic E-state index is 4.20. The van der Waals surface area contributed by atoms with Gasteiger partial charge in [-0.25, -0.2) is 9.97 Å². The molecule has 0 atom stereocenters. The van der Waals surface area contributed by atoms with Gasteiger partial charge in [0, 0.05) is 18.8 Å². The van der Waals surface area contributed by atoms with Crippen molar-refractivity contribution in [2.24, 2.45) is 0 Å². The molecular formula is C12H21IN4. The number of rotatable bonds is 7. The number of hydrogen-bond acceptors (Lipinski definition) is 4. The molecule has 0 amide bonds. The summed E-state index contributed by atoms with van der Waals surface area (Å²) < 4.78 is 1.07. The normalized spacial score (nSPS) is 11.2. The first-order valence-electron chi connectivity index (χ1n) is 6.01. The molecule has 0 spiro atoms. The molecule has 0 radical (unpaired) electrons. The van der Waals surface area contributed by atoms with Crippen LogP contribution >= 0.6 is 22.6 Å². The highest BCUT2D eigenvalue weighted by Gasteiger charge is 2.02. The largest absolute Gasteiger partial charge is 0.369 e. The van der Waals surface area contributed by atoms with E-state index in [4.69, 9.17) is 0 Å². The van der Waals surface area contributed by atoms with Crippen LogP contribution in [0.15, 0.2) is 12.5 Å². The molecule has 0 saturated heterocycles. The predicted molar refractivity (Wildman–Crippen MR) is 80.2 cm³/mol. The standard InChI is InChI=1S/C12H21IN4/c1-10(2)17(3)7-5-4-6-15-12-11(13)8-14-9-16-12/h8-10H,4-7H2,1-3H3,(H,14,15,16). The van der Waals surface area contributed by atoms with E-state index in [0.717, 1.165) is 28.9 Å². The van der Waals surface area contributed by atoms with E-state index in [1.165, 1.54) is 6.42 Å². The third-order valence-corrected chi connectivity index (χ3v) is 3.57. The van der Waals surface area contributed by atoms with Crippen molar-refractivity contribution in [1.82, 2.24) is 14.9 Å². The Balaban J connectivity index is 2.15. The number of anilines is 1. The van der Waals surface area contributed by atoms with Gasteiger partial charge in [0.2, 0.25) is 0 Å². The molecule has 96 valence electrons. The molecule has 1 aromatic heterocycles. The van der Waals surface area contributed by atoms with Gasteiger partial charge in [-0.15, -0.1) is 0 Å². The maximum Gasteiger partial charge on any atom is 0.142 e. The third-order valence-electron chi connectivity index (χ3n) is 2.78. The lowest BCUT2D eigenvalue weighted by molar-refractivity contribution is 0.269. The summed E-state index contributed by atoms with van der Waals surface area (Å²) in [5.74, 6) is 0.942. The van der Waals surface area contributed by atoms with Crippen molar-refractivity contribution in [3.8, 4) is 0 Å². The minimum atomic E-state index is 0.630. The van der Waals surface area contributed by atoms with Gasteiger partial charge >= 0.3 is 0 Å².